The Morgan fingerprint density at radius 2 is 2.07 bits per heavy atom. The van der Waals surface area contributed by atoms with Gasteiger partial charge in [0.15, 0.2) is 0 Å². The van der Waals surface area contributed by atoms with Crippen molar-refractivity contribution < 1.29 is 4.79 Å². The molecule has 0 heterocycles. The lowest BCUT2D eigenvalue weighted by atomic mass is 10.1. The third-order valence-corrected chi connectivity index (χ3v) is 3.22. The topological polar surface area (TPSA) is 29.1 Å². The Kier molecular flexibility index (Phi) is 3.96. The van der Waals surface area contributed by atoms with E-state index in [2.05, 4.69) is 21.2 Å². The average molecular weight is 277 g/mol. The zero-order valence-electron chi connectivity index (χ0n) is 8.03. The Morgan fingerprint density at radius 3 is 2.64 bits per heavy atom. The summed E-state index contributed by atoms with van der Waals surface area (Å²) >= 11 is 8.83. The van der Waals surface area contributed by atoms with Gasteiger partial charge >= 0.3 is 0 Å². The lowest BCUT2D eigenvalue weighted by Crippen LogP contribution is -2.13. The van der Waals surface area contributed by atoms with E-state index in [9.17, 15) is 4.79 Å². The first-order valence-corrected chi connectivity index (χ1v) is 5.50. The fraction of sp³-hybridized carbons (Fsp3) is 0.300. The SMILES string of the molecule is Cc1c(Br)ccc(NC(=O)CCl)c1C. The summed E-state index contributed by atoms with van der Waals surface area (Å²) in [6.45, 7) is 3.96. The predicted molar refractivity (Wildman–Crippen MR) is 63.0 cm³/mol. The second-order valence-electron chi connectivity index (χ2n) is 3.03. The summed E-state index contributed by atoms with van der Waals surface area (Å²) in [5, 5.41) is 2.74. The van der Waals surface area contributed by atoms with Crippen molar-refractivity contribution in [2.24, 2.45) is 0 Å². The van der Waals surface area contributed by atoms with Crippen molar-refractivity contribution in [3.05, 3.63) is 27.7 Å². The highest BCUT2D eigenvalue weighted by atomic mass is 79.9. The number of halogens is 2. The number of benzene rings is 1. The minimum Gasteiger partial charge on any atom is -0.325 e. The largest absolute Gasteiger partial charge is 0.325 e. The predicted octanol–water partition coefficient (Wildman–Crippen LogP) is 3.24. The highest BCUT2D eigenvalue weighted by Crippen LogP contribution is 2.25. The first-order valence-electron chi connectivity index (χ1n) is 4.17. The molecule has 0 unspecified atom stereocenters. The van der Waals surface area contributed by atoms with E-state index >= 15 is 0 Å². The van der Waals surface area contributed by atoms with Gasteiger partial charge < -0.3 is 5.32 Å². The van der Waals surface area contributed by atoms with Gasteiger partial charge in [-0.3, -0.25) is 4.79 Å². The van der Waals surface area contributed by atoms with Crippen LogP contribution in [0.15, 0.2) is 16.6 Å². The quantitative estimate of drug-likeness (QED) is 0.826. The molecule has 0 bridgehead atoms. The van der Waals surface area contributed by atoms with Gasteiger partial charge in [0.1, 0.15) is 5.88 Å². The summed E-state index contributed by atoms with van der Waals surface area (Å²) in [6.07, 6.45) is 0. The molecule has 0 atom stereocenters. The lowest BCUT2D eigenvalue weighted by Gasteiger charge is -2.10. The fourth-order valence-electron chi connectivity index (χ4n) is 1.11. The molecule has 1 N–H and O–H groups in total. The number of amides is 1. The molecule has 1 aromatic rings. The zero-order chi connectivity index (χ0) is 10.7. The smallest absolute Gasteiger partial charge is 0.239 e. The number of anilines is 1. The van der Waals surface area contributed by atoms with Crippen molar-refractivity contribution in [2.45, 2.75) is 13.8 Å². The van der Waals surface area contributed by atoms with E-state index in [0.717, 1.165) is 21.3 Å². The Hall–Kier alpha value is -0.540. The Morgan fingerprint density at radius 1 is 1.43 bits per heavy atom. The number of rotatable bonds is 2. The summed E-state index contributed by atoms with van der Waals surface area (Å²) in [4.78, 5) is 11.1. The van der Waals surface area contributed by atoms with Gasteiger partial charge in [-0.1, -0.05) is 15.9 Å². The van der Waals surface area contributed by atoms with Crippen molar-refractivity contribution in [3.63, 3.8) is 0 Å². The second kappa shape index (κ2) is 4.80. The van der Waals surface area contributed by atoms with E-state index in [1.807, 2.05) is 26.0 Å². The maximum Gasteiger partial charge on any atom is 0.239 e. The molecule has 0 radical (unpaired) electrons. The molecule has 0 saturated heterocycles. The van der Waals surface area contributed by atoms with E-state index in [0.29, 0.717) is 0 Å². The van der Waals surface area contributed by atoms with Crippen molar-refractivity contribution >= 4 is 39.1 Å². The Labute approximate surface area is 96.8 Å². The van der Waals surface area contributed by atoms with Crippen LogP contribution in [0, 0.1) is 13.8 Å². The van der Waals surface area contributed by atoms with Crippen LogP contribution in [0.2, 0.25) is 0 Å². The van der Waals surface area contributed by atoms with Gasteiger partial charge in [0.05, 0.1) is 0 Å². The first-order chi connectivity index (χ1) is 6.56. The Balaban J connectivity index is 3.00. The van der Waals surface area contributed by atoms with E-state index in [4.69, 9.17) is 11.6 Å². The van der Waals surface area contributed by atoms with Crippen molar-refractivity contribution in [1.82, 2.24) is 0 Å². The van der Waals surface area contributed by atoms with Gasteiger partial charge in [-0.15, -0.1) is 11.6 Å². The number of hydrogen-bond acceptors (Lipinski definition) is 1. The highest BCUT2D eigenvalue weighted by Gasteiger charge is 2.06. The minimum atomic E-state index is -0.184. The van der Waals surface area contributed by atoms with Gasteiger partial charge in [0.2, 0.25) is 5.91 Å². The molecule has 0 fully saturated rings. The van der Waals surface area contributed by atoms with Crippen LogP contribution in [0.1, 0.15) is 11.1 Å². The van der Waals surface area contributed by atoms with E-state index in [1.165, 1.54) is 0 Å². The monoisotopic (exact) mass is 275 g/mol. The standard InChI is InChI=1S/C10H11BrClNO/c1-6-7(2)9(4-3-8(6)11)13-10(14)5-12/h3-4H,5H2,1-2H3,(H,13,14). The molecule has 14 heavy (non-hydrogen) atoms. The summed E-state index contributed by atoms with van der Waals surface area (Å²) in [5.74, 6) is -0.203. The van der Waals surface area contributed by atoms with Gasteiger partial charge in [-0.2, -0.15) is 0 Å². The molecule has 0 saturated carbocycles. The molecule has 1 aromatic carbocycles. The van der Waals surface area contributed by atoms with Crippen LogP contribution in [0.25, 0.3) is 0 Å². The maximum atomic E-state index is 11.1. The van der Waals surface area contributed by atoms with Crippen LogP contribution in [0.4, 0.5) is 5.69 Å². The molecule has 1 rings (SSSR count). The molecule has 0 aliphatic rings. The third kappa shape index (κ3) is 2.49. The number of carbonyl (C=O) groups is 1. The normalized spacial score (nSPS) is 10.0. The summed E-state index contributed by atoms with van der Waals surface area (Å²) in [7, 11) is 0. The van der Waals surface area contributed by atoms with Crippen LogP contribution in [0.5, 0.6) is 0 Å². The van der Waals surface area contributed by atoms with Crippen molar-refractivity contribution in [2.75, 3.05) is 11.2 Å². The molecular weight excluding hydrogens is 265 g/mol. The van der Waals surface area contributed by atoms with Crippen LogP contribution in [-0.4, -0.2) is 11.8 Å². The lowest BCUT2D eigenvalue weighted by molar-refractivity contribution is -0.113. The fourth-order valence-corrected chi connectivity index (χ4v) is 1.60. The van der Waals surface area contributed by atoms with Crippen LogP contribution >= 0.6 is 27.5 Å². The summed E-state index contributed by atoms with van der Waals surface area (Å²) < 4.78 is 1.04. The maximum absolute atomic E-state index is 11.1. The molecule has 4 heteroatoms. The molecule has 0 aromatic heterocycles. The van der Waals surface area contributed by atoms with Crippen LogP contribution < -0.4 is 5.32 Å². The van der Waals surface area contributed by atoms with Gasteiger partial charge in [0.25, 0.3) is 0 Å². The number of alkyl halides is 1. The second-order valence-corrected chi connectivity index (χ2v) is 4.15. The average Bonchev–Trinajstić information content (AvgIpc) is 2.19. The molecule has 0 spiro atoms. The minimum absolute atomic E-state index is 0.0193. The summed E-state index contributed by atoms with van der Waals surface area (Å²) in [6, 6.07) is 3.77. The number of hydrogen-bond donors (Lipinski definition) is 1. The molecule has 2 nitrogen and oxygen atoms in total. The third-order valence-electron chi connectivity index (χ3n) is 2.12. The zero-order valence-corrected chi connectivity index (χ0v) is 10.4. The molecular formula is C10H11BrClNO. The first kappa shape index (κ1) is 11.5. The highest BCUT2D eigenvalue weighted by molar-refractivity contribution is 9.10. The van der Waals surface area contributed by atoms with E-state index in [1.54, 1.807) is 0 Å². The summed E-state index contributed by atoms with van der Waals surface area (Å²) in [5.41, 5.74) is 2.99. The molecule has 76 valence electrons. The number of nitrogens with one attached hydrogen (secondary N) is 1. The van der Waals surface area contributed by atoms with Crippen molar-refractivity contribution in [3.8, 4) is 0 Å². The molecule has 1 amide bonds. The number of carbonyl (C=O) groups excluding carboxylic acids is 1. The van der Waals surface area contributed by atoms with Crippen molar-refractivity contribution in [1.29, 1.82) is 0 Å². The van der Waals surface area contributed by atoms with Crippen LogP contribution in [-0.2, 0) is 4.79 Å². The van der Waals surface area contributed by atoms with Gasteiger partial charge in [-0.05, 0) is 37.1 Å². The molecule has 0 aliphatic heterocycles. The van der Waals surface area contributed by atoms with E-state index in [-0.39, 0.29) is 11.8 Å². The van der Waals surface area contributed by atoms with E-state index < -0.39 is 0 Å². The Bertz CT molecular complexity index is 365. The van der Waals surface area contributed by atoms with Gasteiger partial charge in [0, 0.05) is 10.2 Å². The van der Waals surface area contributed by atoms with Crippen LogP contribution in [0.3, 0.4) is 0 Å². The molecule has 0 aliphatic carbocycles. The van der Waals surface area contributed by atoms with Gasteiger partial charge in [-0.25, -0.2) is 0 Å².